The number of hydrogen-bond acceptors (Lipinski definition) is 3. The van der Waals surface area contributed by atoms with Gasteiger partial charge in [0.15, 0.2) is 0 Å². The van der Waals surface area contributed by atoms with E-state index in [1.807, 2.05) is 12.4 Å². The van der Waals surface area contributed by atoms with Gasteiger partial charge in [0, 0.05) is 49.6 Å². The average Bonchev–Trinajstić information content (AvgIpc) is 2.55. The van der Waals surface area contributed by atoms with Crippen LogP contribution < -0.4 is 4.90 Å². The van der Waals surface area contributed by atoms with Crippen LogP contribution in [0.15, 0.2) is 53.3 Å². The van der Waals surface area contributed by atoms with Crippen LogP contribution in [-0.2, 0) is 6.42 Å². The number of rotatable bonds is 4. The van der Waals surface area contributed by atoms with Gasteiger partial charge in [-0.15, -0.1) is 0 Å². The first-order valence-corrected chi connectivity index (χ1v) is 8.23. The third-order valence-electron chi connectivity index (χ3n) is 4.03. The lowest BCUT2D eigenvalue weighted by atomic mass is 10.2. The van der Waals surface area contributed by atoms with Crippen LogP contribution in [0.2, 0.25) is 0 Å². The monoisotopic (exact) mass is 345 g/mol. The van der Waals surface area contributed by atoms with Gasteiger partial charge in [-0.2, -0.15) is 0 Å². The van der Waals surface area contributed by atoms with E-state index in [1.54, 1.807) is 0 Å². The summed E-state index contributed by atoms with van der Waals surface area (Å²) in [5.74, 6) is 0. The summed E-state index contributed by atoms with van der Waals surface area (Å²) in [4.78, 5) is 9.08. The largest absolute Gasteiger partial charge is 0.368 e. The van der Waals surface area contributed by atoms with E-state index in [9.17, 15) is 0 Å². The minimum Gasteiger partial charge on any atom is -0.368 e. The van der Waals surface area contributed by atoms with Gasteiger partial charge in [0.25, 0.3) is 0 Å². The molecule has 3 nitrogen and oxygen atoms in total. The third-order valence-corrected chi connectivity index (χ3v) is 4.70. The van der Waals surface area contributed by atoms with Gasteiger partial charge in [-0.25, -0.2) is 0 Å². The summed E-state index contributed by atoms with van der Waals surface area (Å²) in [7, 11) is 0. The summed E-state index contributed by atoms with van der Waals surface area (Å²) in [5.41, 5.74) is 2.68. The molecule has 1 aliphatic rings. The van der Waals surface area contributed by atoms with E-state index < -0.39 is 0 Å². The van der Waals surface area contributed by atoms with Gasteiger partial charge < -0.3 is 4.90 Å². The molecule has 4 heteroatoms. The molecule has 1 aromatic heterocycles. The number of hydrogen-bond donors (Lipinski definition) is 0. The Balaban J connectivity index is 1.50. The molecule has 1 aliphatic heterocycles. The highest BCUT2D eigenvalue weighted by molar-refractivity contribution is 9.10. The zero-order chi connectivity index (χ0) is 14.5. The Kier molecular flexibility index (Phi) is 4.88. The highest BCUT2D eigenvalue weighted by Gasteiger charge is 2.18. The first-order valence-electron chi connectivity index (χ1n) is 7.44. The van der Waals surface area contributed by atoms with Crippen molar-refractivity contribution in [2.75, 3.05) is 37.6 Å². The molecule has 0 unspecified atom stereocenters. The molecule has 0 aliphatic carbocycles. The van der Waals surface area contributed by atoms with Crippen molar-refractivity contribution in [1.82, 2.24) is 9.88 Å². The van der Waals surface area contributed by atoms with Gasteiger partial charge in [0.05, 0.1) is 5.69 Å². The van der Waals surface area contributed by atoms with Crippen LogP contribution in [0.1, 0.15) is 5.56 Å². The maximum Gasteiger partial charge on any atom is 0.0511 e. The summed E-state index contributed by atoms with van der Waals surface area (Å²) in [6.07, 6.45) is 4.86. The van der Waals surface area contributed by atoms with Crippen LogP contribution in [0.25, 0.3) is 0 Å². The molecule has 21 heavy (non-hydrogen) atoms. The van der Waals surface area contributed by atoms with Crippen molar-refractivity contribution in [2.45, 2.75) is 6.42 Å². The second kappa shape index (κ2) is 7.05. The summed E-state index contributed by atoms with van der Waals surface area (Å²) >= 11 is 3.65. The fourth-order valence-electron chi connectivity index (χ4n) is 2.76. The van der Waals surface area contributed by atoms with Gasteiger partial charge in [0.1, 0.15) is 0 Å². The number of pyridine rings is 1. The van der Waals surface area contributed by atoms with Gasteiger partial charge in [-0.05, 0) is 52.2 Å². The smallest absolute Gasteiger partial charge is 0.0511 e. The van der Waals surface area contributed by atoms with Gasteiger partial charge >= 0.3 is 0 Å². The molecule has 2 heterocycles. The third kappa shape index (κ3) is 3.83. The Morgan fingerprint density at radius 3 is 2.38 bits per heavy atom. The zero-order valence-corrected chi connectivity index (χ0v) is 13.7. The molecule has 1 saturated heterocycles. The number of benzene rings is 1. The molecule has 0 atom stereocenters. The lowest BCUT2D eigenvalue weighted by Crippen LogP contribution is -2.47. The first kappa shape index (κ1) is 14.5. The summed E-state index contributed by atoms with van der Waals surface area (Å²) in [5, 5.41) is 0. The second-order valence-electron chi connectivity index (χ2n) is 5.39. The molecule has 0 saturated carbocycles. The fourth-order valence-corrected chi connectivity index (χ4v) is 3.29. The van der Waals surface area contributed by atoms with Crippen molar-refractivity contribution in [3.63, 3.8) is 0 Å². The van der Waals surface area contributed by atoms with Crippen LogP contribution in [0.3, 0.4) is 0 Å². The van der Waals surface area contributed by atoms with Crippen LogP contribution in [-0.4, -0.2) is 42.6 Å². The van der Waals surface area contributed by atoms with Crippen LogP contribution >= 0.6 is 15.9 Å². The van der Waals surface area contributed by atoms with E-state index >= 15 is 0 Å². The van der Waals surface area contributed by atoms with Gasteiger partial charge in [0.2, 0.25) is 0 Å². The van der Waals surface area contributed by atoms with Crippen molar-refractivity contribution < 1.29 is 0 Å². The number of piperazine rings is 1. The van der Waals surface area contributed by atoms with Gasteiger partial charge in [-0.1, -0.05) is 12.1 Å². The number of nitrogens with zero attached hydrogens (tertiary/aromatic N) is 3. The quantitative estimate of drug-likeness (QED) is 0.848. The fraction of sp³-hybridized carbons (Fsp3) is 0.353. The summed E-state index contributed by atoms with van der Waals surface area (Å²) in [6.45, 7) is 5.59. The lowest BCUT2D eigenvalue weighted by molar-refractivity contribution is 0.261. The molecule has 3 rings (SSSR count). The predicted molar refractivity (Wildman–Crippen MR) is 90.7 cm³/mol. The van der Waals surface area contributed by atoms with E-state index in [0.717, 1.165) is 39.1 Å². The lowest BCUT2D eigenvalue weighted by Gasteiger charge is -2.36. The highest BCUT2D eigenvalue weighted by Crippen LogP contribution is 2.26. The number of aromatic nitrogens is 1. The predicted octanol–water partition coefficient (Wildman–Crippen LogP) is 3.21. The minimum atomic E-state index is 1.10. The molecule has 0 amide bonds. The normalized spacial score (nSPS) is 16.1. The highest BCUT2D eigenvalue weighted by atomic mass is 79.9. The zero-order valence-electron chi connectivity index (χ0n) is 12.1. The maximum absolute atomic E-state index is 4.07. The second-order valence-corrected chi connectivity index (χ2v) is 6.24. The van der Waals surface area contributed by atoms with Crippen molar-refractivity contribution in [3.8, 4) is 0 Å². The Morgan fingerprint density at radius 2 is 1.67 bits per heavy atom. The van der Waals surface area contributed by atoms with Crippen molar-refractivity contribution in [3.05, 3.63) is 58.8 Å². The molecule has 1 fully saturated rings. The Bertz CT molecular complexity index is 565. The molecule has 110 valence electrons. The van der Waals surface area contributed by atoms with Crippen LogP contribution in [0.5, 0.6) is 0 Å². The molecule has 1 aromatic carbocycles. The summed E-state index contributed by atoms with van der Waals surface area (Å²) in [6, 6.07) is 12.7. The number of halogens is 1. The van der Waals surface area contributed by atoms with E-state index in [0.29, 0.717) is 0 Å². The first-order chi connectivity index (χ1) is 10.3. The number of para-hydroxylation sites is 1. The number of anilines is 1. The minimum absolute atomic E-state index is 1.10. The molecular formula is C17H20BrN3. The van der Waals surface area contributed by atoms with Crippen LogP contribution in [0, 0.1) is 0 Å². The van der Waals surface area contributed by atoms with Crippen LogP contribution in [0.4, 0.5) is 5.69 Å². The van der Waals surface area contributed by atoms with E-state index in [1.165, 1.54) is 15.7 Å². The Labute approximate surface area is 134 Å². The molecule has 0 radical (unpaired) electrons. The van der Waals surface area contributed by atoms with Crippen molar-refractivity contribution in [1.29, 1.82) is 0 Å². The van der Waals surface area contributed by atoms with Crippen molar-refractivity contribution in [2.24, 2.45) is 0 Å². The maximum atomic E-state index is 4.07. The topological polar surface area (TPSA) is 19.4 Å². The Morgan fingerprint density at radius 1 is 0.952 bits per heavy atom. The Hall–Kier alpha value is -1.39. The molecule has 0 bridgehead atoms. The van der Waals surface area contributed by atoms with Gasteiger partial charge in [-0.3, -0.25) is 9.88 Å². The van der Waals surface area contributed by atoms with Crippen molar-refractivity contribution >= 4 is 21.6 Å². The average molecular weight is 346 g/mol. The van der Waals surface area contributed by atoms with E-state index in [2.05, 4.69) is 67.1 Å². The standard InChI is InChI=1S/C17H20BrN3/c18-16-3-1-2-4-17(16)21-13-11-20(12-14-21)10-7-15-5-8-19-9-6-15/h1-6,8-9H,7,10-14H2. The molecule has 0 spiro atoms. The van der Waals surface area contributed by atoms with E-state index in [-0.39, 0.29) is 0 Å². The van der Waals surface area contributed by atoms with E-state index in [4.69, 9.17) is 0 Å². The summed E-state index contributed by atoms with van der Waals surface area (Å²) < 4.78 is 1.19. The molecular weight excluding hydrogens is 326 g/mol. The SMILES string of the molecule is Brc1ccccc1N1CCN(CCc2ccncc2)CC1. The molecule has 2 aromatic rings. The molecule has 0 N–H and O–H groups in total.